The van der Waals surface area contributed by atoms with Crippen LogP contribution < -0.4 is 24.4 Å². The molecule has 0 radical (unpaired) electrons. The molecule has 53 heavy (non-hydrogen) atoms. The first-order valence-electron chi connectivity index (χ1n) is 17.8. The summed E-state index contributed by atoms with van der Waals surface area (Å²) in [4.78, 5) is 43.1. The van der Waals surface area contributed by atoms with Crippen molar-refractivity contribution >= 4 is 29.5 Å². The average Bonchev–Trinajstić information content (AvgIpc) is 3.85. The molecule has 0 saturated carbocycles. The Kier molecular flexibility index (Phi) is 8.76. The van der Waals surface area contributed by atoms with Crippen molar-refractivity contribution in [3.8, 4) is 17.2 Å². The lowest BCUT2D eigenvalue weighted by Gasteiger charge is -2.52. The van der Waals surface area contributed by atoms with Crippen molar-refractivity contribution in [2.75, 3.05) is 44.6 Å². The molecule has 0 bridgehead atoms. The molecule has 0 unspecified atom stereocenters. The van der Waals surface area contributed by atoms with E-state index in [1.807, 2.05) is 72.8 Å². The Labute approximate surface area is 307 Å². The van der Waals surface area contributed by atoms with Gasteiger partial charge in [-0.15, -0.1) is 0 Å². The number of amides is 2. The second-order valence-electron chi connectivity index (χ2n) is 13.6. The molecule has 1 fully saturated rings. The van der Waals surface area contributed by atoms with Crippen LogP contribution in [-0.4, -0.2) is 69.2 Å². The molecule has 4 aliphatic heterocycles. The average molecular weight is 720 g/mol. The number of fused-ring (bicyclic) bond motifs is 3. The van der Waals surface area contributed by atoms with Gasteiger partial charge in [-0.1, -0.05) is 72.8 Å². The molecule has 0 spiro atoms. The highest BCUT2D eigenvalue weighted by Gasteiger charge is 2.73. The molecular formula is C41H41N3O9. The number of para-hydroxylation sites is 1. The van der Waals surface area contributed by atoms with Crippen LogP contribution in [0.4, 0.5) is 21.0 Å². The topological polar surface area (TPSA) is 125 Å². The maximum absolute atomic E-state index is 14.2. The number of nitrogens with one attached hydrogen (secondary N) is 1. The first-order valence-corrected chi connectivity index (χ1v) is 17.8. The number of hydrogen-bond acceptors (Lipinski definition) is 10. The Morgan fingerprint density at radius 3 is 2.28 bits per heavy atom. The van der Waals surface area contributed by atoms with Gasteiger partial charge in [0.15, 0.2) is 11.5 Å². The van der Waals surface area contributed by atoms with Gasteiger partial charge < -0.3 is 33.7 Å². The van der Waals surface area contributed by atoms with Crippen molar-refractivity contribution in [2.24, 2.45) is 0 Å². The zero-order valence-electron chi connectivity index (χ0n) is 29.9. The summed E-state index contributed by atoms with van der Waals surface area (Å²) in [5.74, 6) is 1.07. The number of likely N-dealkylation sites (tertiary alicyclic amines) is 1. The van der Waals surface area contributed by atoms with Crippen LogP contribution in [0.1, 0.15) is 47.1 Å². The molecule has 4 aromatic rings. The minimum absolute atomic E-state index is 0.0142. The van der Waals surface area contributed by atoms with E-state index < -0.39 is 35.3 Å². The molecule has 1 N–H and O–H groups in total. The van der Waals surface area contributed by atoms with Crippen LogP contribution in [-0.2, 0) is 44.1 Å². The second kappa shape index (κ2) is 13.6. The number of anilines is 2. The first-order chi connectivity index (χ1) is 25.8. The van der Waals surface area contributed by atoms with E-state index in [1.165, 1.54) is 14.2 Å². The van der Waals surface area contributed by atoms with Crippen molar-refractivity contribution in [3.05, 3.63) is 113 Å². The van der Waals surface area contributed by atoms with Gasteiger partial charge in [0.2, 0.25) is 5.72 Å². The van der Waals surface area contributed by atoms with Crippen LogP contribution in [0.2, 0.25) is 0 Å². The second-order valence-corrected chi connectivity index (χ2v) is 13.6. The summed E-state index contributed by atoms with van der Waals surface area (Å²) in [6.07, 6.45) is 0.207. The number of benzene rings is 4. The molecule has 274 valence electrons. The van der Waals surface area contributed by atoms with Crippen molar-refractivity contribution in [2.45, 2.75) is 56.1 Å². The van der Waals surface area contributed by atoms with Crippen molar-refractivity contribution in [1.82, 2.24) is 4.90 Å². The molecule has 3 atom stereocenters. The summed E-state index contributed by atoms with van der Waals surface area (Å²) >= 11 is 0. The number of hydrogen-bond donors (Lipinski definition) is 1. The van der Waals surface area contributed by atoms with E-state index >= 15 is 0 Å². The molecule has 12 nitrogen and oxygen atoms in total. The van der Waals surface area contributed by atoms with Gasteiger partial charge in [-0.3, -0.25) is 14.6 Å². The molecule has 8 rings (SSSR count). The lowest BCUT2D eigenvalue weighted by Crippen LogP contribution is -2.71. The fourth-order valence-corrected chi connectivity index (χ4v) is 8.69. The Balaban J connectivity index is 1.28. The third-order valence-corrected chi connectivity index (χ3v) is 11.0. The molecule has 0 aliphatic carbocycles. The highest BCUT2D eigenvalue weighted by atomic mass is 16.6. The maximum Gasteiger partial charge on any atom is 0.414 e. The van der Waals surface area contributed by atoms with Gasteiger partial charge in [-0.2, -0.15) is 0 Å². The van der Waals surface area contributed by atoms with Crippen LogP contribution in [0.25, 0.3) is 0 Å². The van der Waals surface area contributed by atoms with Crippen LogP contribution in [0.5, 0.6) is 17.2 Å². The Morgan fingerprint density at radius 1 is 0.849 bits per heavy atom. The number of ether oxygens (including phenoxy) is 6. The van der Waals surface area contributed by atoms with E-state index in [4.69, 9.17) is 28.4 Å². The van der Waals surface area contributed by atoms with E-state index in [2.05, 4.69) is 17.4 Å². The van der Waals surface area contributed by atoms with Gasteiger partial charge in [0.1, 0.15) is 19.0 Å². The van der Waals surface area contributed by atoms with E-state index in [-0.39, 0.29) is 19.4 Å². The van der Waals surface area contributed by atoms with Gasteiger partial charge in [-0.05, 0) is 53.6 Å². The lowest BCUT2D eigenvalue weighted by molar-refractivity contribution is -0.142. The fraction of sp³-hybridized carbons (Fsp3) is 0.341. The number of methoxy groups -OCH3 is 3. The number of piperidine rings is 1. The monoisotopic (exact) mass is 719 g/mol. The zero-order chi connectivity index (χ0) is 36.7. The number of carbonyl (C=O) groups excluding carboxylic acids is 3. The minimum atomic E-state index is -1.35. The number of esters is 1. The molecule has 4 aliphatic rings. The minimum Gasteiger partial charge on any atom is -0.491 e. The predicted octanol–water partition coefficient (Wildman–Crippen LogP) is 6.57. The first kappa shape index (κ1) is 34.2. The van der Waals surface area contributed by atoms with Crippen LogP contribution >= 0.6 is 0 Å². The van der Waals surface area contributed by atoms with Crippen molar-refractivity contribution in [1.29, 1.82) is 0 Å². The molecule has 12 heteroatoms. The summed E-state index contributed by atoms with van der Waals surface area (Å²) in [5.41, 5.74) is 3.70. The highest BCUT2D eigenvalue weighted by Crippen LogP contribution is 2.68. The standard InChI is InChI=1S/C41H41N3O9/c1-48-33(45)18-17-32-41-40(20-22-43(32)39(47)52-25-27-13-8-5-9-14-27,29-15-10-16-31(34(29)42-41)51-24-26-11-6-4-7-12-26)30-23-28-19-21-44(38(46)50-3)35(28)37(49-2)36(30)53-41/h4-16,23,32,42H,17-22,24-25H2,1-3H3/t32-,40+,41-/m0/s1. The van der Waals surface area contributed by atoms with E-state index in [9.17, 15) is 14.4 Å². The Hall–Kier alpha value is -5.91. The predicted molar refractivity (Wildman–Crippen MR) is 194 cm³/mol. The Bertz CT molecular complexity index is 2060. The SMILES string of the molecule is COC(=O)CC[C@@H]1N(C(=O)OCc2ccccc2)CC[C@]23c4cccc(OCc5ccccc5)c4N[C@]12Oc1c3cc2c(c1OC)N(C(=O)OC)CC2. The van der Waals surface area contributed by atoms with E-state index in [0.717, 1.165) is 33.5 Å². The van der Waals surface area contributed by atoms with E-state index in [1.54, 1.807) is 16.9 Å². The van der Waals surface area contributed by atoms with E-state index in [0.29, 0.717) is 55.5 Å². The summed E-state index contributed by atoms with van der Waals surface area (Å²) in [6, 6.07) is 26.7. The molecular weight excluding hydrogens is 678 g/mol. The molecule has 4 heterocycles. The smallest absolute Gasteiger partial charge is 0.414 e. The molecule has 1 saturated heterocycles. The normalized spacial score (nSPS) is 21.5. The Morgan fingerprint density at radius 2 is 1.58 bits per heavy atom. The number of carbonyl (C=O) groups is 3. The van der Waals surface area contributed by atoms with Gasteiger partial charge in [0.05, 0.1) is 44.2 Å². The quantitative estimate of drug-likeness (QED) is 0.150. The van der Waals surface area contributed by atoms with Gasteiger partial charge in [-0.25, -0.2) is 9.59 Å². The van der Waals surface area contributed by atoms with Crippen molar-refractivity contribution in [3.63, 3.8) is 0 Å². The third kappa shape index (κ3) is 5.38. The van der Waals surface area contributed by atoms with Gasteiger partial charge in [0, 0.05) is 25.1 Å². The highest BCUT2D eigenvalue weighted by molar-refractivity contribution is 5.95. The summed E-state index contributed by atoms with van der Waals surface area (Å²) < 4.78 is 36.0. The molecule has 0 aromatic heterocycles. The number of nitrogens with zero attached hydrogens (tertiary/aromatic N) is 2. The van der Waals surface area contributed by atoms with Crippen LogP contribution in [0.3, 0.4) is 0 Å². The zero-order valence-corrected chi connectivity index (χ0v) is 29.9. The van der Waals surface area contributed by atoms with Gasteiger partial charge in [0.25, 0.3) is 0 Å². The summed E-state index contributed by atoms with van der Waals surface area (Å²) in [6.45, 7) is 1.14. The van der Waals surface area contributed by atoms with Gasteiger partial charge >= 0.3 is 18.2 Å². The third-order valence-electron chi connectivity index (χ3n) is 11.0. The molecule has 2 amide bonds. The maximum atomic E-state index is 14.2. The van der Waals surface area contributed by atoms with Crippen LogP contribution in [0.15, 0.2) is 84.9 Å². The largest absolute Gasteiger partial charge is 0.491 e. The lowest BCUT2D eigenvalue weighted by atomic mass is 9.63. The summed E-state index contributed by atoms with van der Waals surface area (Å²) in [7, 11) is 4.25. The van der Waals surface area contributed by atoms with Crippen LogP contribution in [0, 0.1) is 0 Å². The van der Waals surface area contributed by atoms with Crippen molar-refractivity contribution < 1.29 is 42.8 Å². The molecule has 4 aromatic carbocycles. The fourth-order valence-electron chi connectivity index (χ4n) is 8.69. The number of rotatable bonds is 9. The summed E-state index contributed by atoms with van der Waals surface area (Å²) in [5, 5.41) is 3.77.